The Bertz CT molecular complexity index is 411. The summed E-state index contributed by atoms with van der Waals surface area (Å²) >= 11 is 3.61. The molecule has 2 nitrogen and oxygen atoms in total. The number of benzene rings is 1. The Morgan fingerprint density at radius 1 is 1.39 bits per heavy atom. The Hall–Kier alpha value is -0.540. The van der Waals surface area contributed by atoms with Gasteiger partial charge in [0.05, 0.1) is 7.11 Å². The van der Waals surface area contributed by atoms with E-state index in [9.17, 15) is 0 Å². The standard InChI is InChI=1S/C15H22BrNO/c1-11-5-7-15(17,8-6-11)10-12-9-13(18-2)3-4-14(12)16/h3-4,9,11H,5-8,10,17H2,1-2H3. The predicted molar refractivity (Wildman–Crippen MR) is 78.9 cm³/mol. The first-order valence-electron chi connectivity index (χ1n) is 6.64. The summed E-state index contributed by atoms with van der Waals surface area (Å²) in [7, 11) is 1.70. The van der Waals surface area contributed by atoms with E-state index in [1.807, 2.05) is 12.1 Å². The zero-order chi connectivity index (χ0) is 13.2. The average Bonchev–Trinajstić information content (AvgIpc) is 2.36. The van der Waals surface area contributed by atoms with Crippen molar-refractivity contribution in [1.29, 1.82) is 0 Å². The molecule has 1 saturated carbocycles. The lowest BCUT2D eigenvalue weighted by Gasteiger charge is -2.36. The van der Waals surface area contributed by atoms with Crippen LogP contribution in [0.4, 0.5) is 0 Å². The second-order valence-corrected chi connectivity index (χ2v) is 6.53. The third kappa shape index (κ3) is 3.27. The molecule has 0 amide bonds. The van der Waals surface area contributed by atoms with E-state index in [4.69, 9.17) is 10.5 Å². The van der Waals surface area contributed by atoms with Crippen molar-refractivity contribution in [3.8, 4) is 5.75 Å². The van der Waals surface area contributed by atoms with Gasteiger partial charge in [-0.3, -0.25) is 0 Å². The molecule has 1 aliphatic carbocycles. The van der Waals surface area contributed by atoms with Crippen molar-refractivity contribution in [3.63, 3.8) is 0 Å². The molecule has 100 valence electrons. The Kier molecular flexibility index (Phi) is 4.33. The molecule has 0 atom stereocenters. The van der Waals surface area contributed by atoms with Crippen molar-refractivity contribution in [2.75, 3.05) is 7.11 Å². The quantitative estimate of drug-likeness (QED) is 0.918. The van der Waals surface area contributed by atoms with Crippen LogP contribution in [0.2, 0.25) is 0 Å². The number of halogens is 1. The van der Waals surface area contributed by atoms with E-state index in [1.165, 1.54) is 18.4 Å². The number of hydrogen-bond acceptors (Lipinski definition) is 2. The second kappa shape index (κ2) is 5.62. The average molecular weight is 312 g/mol. The van der Waals surface area contributed by atoms with E-state index in [1.54, 1.807) is 7.11 Å². The first-order valence-corrected chi connectivity index (χ1v) is 7.43. The van der Waals surface area contributed by atoms with E-state index in [0.717, 1.165) is 35.4 Å². The molecule has 3 heteroatoms. The smallest absolute Gasteiger partial charge is 0.119 e. The first kappa shape index (κ1) is 13.9. The van der Waals surface area contributed by atoms with Crippen molar-refractivity contribution in [1.82, 2.24) is 0 Å². The summed E-state index contributed by atoms with van der Waals surface area (Å²) in [6.07, 6.45) is 5.67. The maximum absolute atomic E-state index is 6.55. The summed E-state index contributed by atoms with van der Waals surface area (Å²) in [5.74, 6) is 1.73. The Labute approximate surface area is 118 Å². The fourth-order valence-corrected chi connectivity index (χ4v) is 3.09. The van der Waals surface area contributed by atoms with E-state index in [2.05, 4.69) is 28.9 Å². The van der Waals surface area contributed by atoms with Crippen LogP contribution >= 0.6 is 15.9 Å². The molecule has 18 heavy (non-hydrogen) atoms. The van der Waals surface area contributed by atoms with Crippen LogP contribution in [0.1, 0.15) is 38.2 Å². The summed E-state index contributed by atoms with van der Waals surface area (Å²) in [6.45, 7) is 2.32. The maximum Gasteiger partial charge on any atom is 0.119 e. The molecule has 0 radical (unpaired) electrons. The van der Waals surface area contributed by atoms with E-state index >= 15 is 0 Å². The largest absolute Gasteiger partial charge is 0.497 e. The topological polar surface area (TPSA) is 35.2 Å². The number of ether oxygens (including phenoxy) is 1. The lowest BCUT2D eigenvalue weighted by molar-refractivity contribution is 0.243. The summed E-state index contributed by atoms with van der Waals surface area (Å²) in [4.78, 5) is 0. The van der Waals surface area contributed by atoms with Crippen molar-refractivity contribution in [2.45, 2.75) is 44.6 Å². The van der Waals surface area contributed by atoms with Gasteiger partial charge in [0.25, 0.3) is 0 Å². The minimum Gasteiger partial charge on any atom is -0.497 e. The monoisotopic (exact) mass is 311 g/mol. The van der Waals surface area contributed by atoms with Gasteiger partial charge in [-0.05, 0) is 61.8 Å². The minimum absolute atomic E-state index is 0.0403. The molecule has 1 fully saturated rings. The molecule has 0 spiro atoms. The fourth-order valence-electron chi connectivity index (χ4n) is 2.71. The highest BCUT2D eigenvalue weighted by molar-refractivity contribution is 9.10. The van der Waals surface area contributed by atoms with Gasteiger partial charge in [0.2, 0.25) is 0 Å². The third-order valence-corrected chi connectivity index (χ3v) is 4.84. The highest BCUT2D eigenvalue weighted by Gasteiger charge is 2.30. The Balaban J connectivity index is 2.13. The van der Waals surface area contributed by atoms with Crippen molar-refractivity contribution < 1.29 is 4.74 Å². The van der Waals surface area contributed by atoms with Crippen LogP contribution in [0.25, 0.3) is 0 Å². The normalized spacial score (nSPS) is 28.1. The fraction of sp³-hybridized carbons (Fsp3) is 0.600. The van der Waals surface area contributed by atoms with Gasteiger partial charge < -0.3 is 10.5 Å². The maximum atomic E-state index is 6.55. The van der Waals surface area contributed by atoms with Crippen LogP contribution < -0.4 is 10.5 Å². The third-order valence-electron chi connectivity index (χ3n) is 4.07. The van der Waals surface area contributed by atoms with E-state index in [-0.39, 0.29) is 5.54 Å². The van der Waals surface area contributed by atoms with Crippen molar-refractivity contribution >= 4 is 15.9 Å². The second-order valence-electron chi connectivity index (χ2n) is 5.68. The molecule has 0 heterocycles. The molecule has 1 aromatic rings. The molecule has 0 saturated heterocycles. The number of nitrogens with two attached hydrogens (primary N) is 1. The van der Waals surface area contributed by atoms with Gasteiger partial charge in [-0.15, -0.1) is 0 Å². The van der Waals surface area contributed by atoms with Gasteiger partial charge in [0, 0.05) is 10.0 Å². The molecule has 1 aliphatic rings. The van der Waals surface area contributed by atoms with Crippen LogP contribution in [0.15, 0.2) is 22.7 Å². The number of hydrogen-bond donors (Lipinski definition) is 1. The molecule has 0 bridgehead atoms. The van der Waals surface area contributed by atoms with E-state index in [0.29, 0.717) is 0 Å². The van der Waals surface area contributed by atoms with Gasteiger partial charge in [0.1, 0.15) is 5.75 Å². The summed E-state index contributed by atoms with van der Waals surface area (Å²) in [6, 6.07) is 6.11. The van der Waals surface area contributed by atoms with E-state index < -0.39 is 0 Å². The molecule has 2 rings (SSSR count). The Morgan fingerprint density at radius 3 is 2.67 bits per heavy atom. The summed E-state index contributed by atoms with van der Waals surface area (Å²) in [5.41, 5.74) is 7.77. The molecule has 0 aliphatic heterocycles. The Morgan fingerprint density at radius 2 is 2.06 bits per heavy atom. The first-order chi connectivity index (χ1) is 8.52. The number of rotatable bonds is 3. The molecule has 0 unspecified atom stereocenters. The van der Waals surface area contributed by atoms with Crippen molar-refractivity contribution in [3.05, 3.63) is 28.2 Å². The molecular weight excluding hydrogens is 290 g/mol. The summed E-state index contributed by atoms with van der Waals surface area (Å²) in [5, 5.41) is 0. The van der Waals surface area contributed by atoms with Gasteiger partial charge >= 0.3 is 0 Å². The van der Waals surface area contributed by atoms with Crippen LogP contribution in [0.5, 0.6) is 5.75 Å². The van der Waals surface area contributed by atoms with Crippen molar-refractivity contribution in [2.24, 2.45) is 11.7 Å². The lowest BCUT2D eigenvalue weighted by Crippen LogP contribution is -2.45. The molecule has 0 aromatic heterocycles. The van der Waals surface area contributed by atoms with Crippen LogP contribution in [0, 0.1) is 5.92 Å². The van der Waals surface area contributed by atoms with Crippen LogP contribution in [-0.2, 0) is 6.42 Å². The zero-order valence-corrected chi connectivity index (χ0v) is 12.8. The molecule has 2 N–H and O–H groups in total. The van der Waals surface area contributed by atoms with Crippen LogP contribution in [-0.4, -0.2) is 12.6 Å². The predicted octanol–water partition coefficient (Wildman–Crippen LogP) is 3.91. The molecule has 1 aromatic carbocycles. The lowest BCUT2D eigenvalue weighted by atomic mass is 9.75. The van der Waals surface area contributed by atoms with Gasteiger partial charge in [-0.1, -0.05) is 22.9 Å². The number of methoxy groups -OCH3 is 1. The molecular formula is C15H22BrNO. The highest BCUT2D eigenvalue weighted by Crippen LogP contribution is 2.34. The van der Waals surface area contributed by atoms with Gasteiger partial charge in [-0.25, -0.2) is 0 Å². The summed E-state index contributed by atoms with van der Waals surface area (Å²) < 4.78 is 6.42. The van der Waals surface area contributed by atoms with Crippen LogP contribution in [0.3, 0.4) is 0 Å². The van der Waals surface area contributed by atoms with Gasteiger partial charge in [-0.2, -0.15) is 0 Å². The minimum atomic E-state index is -0.0403. The SMILES string of the molecule is COc1ccc(Br)c(CC2(N)CCC(C)CC2)c1. The zero-order valence-electron chi connectivity index (χ0n) is 11.2. The van der Waals surface area contributed by atoms with Gasteiger partial charge in [0.15, 0.2) is 0 Å². The highest BCUT2D eigenvalue weighted by atomic mass is 79.9.